The van der Waals surface area contributed by atoms with Crippen molar-refractivity contribution in [1.29, 1.82) is 0 Å². The smallest absolute Gasteiger partial charge is 0.303 e. The number of esters is 1. The largest absolute Gasteiger partial charge is 0.453 e. The maximum Gasteiger partial charge on any atom is 0.303 e. The van der Waals surface area contributed by atoms with Crippen LogP contribution in [0.1, 0.15) is 55.4 Å². The normalized spacial score (nSPS) is 20.4. The lowest BCUT2D eigenvalue weighted by Gasteiger charge is -2.41. The van der Waals surface area contributed by atoms with E-state index in [1.807, 2.05) is 84.4 Å². The second kappa shape index (κ2) is 14.8. The van der Waals surface area contributed by atoms with Gasteiger partial charge in [-0.25, -0.2) is 0 Å². The first-order valence-corrected chi connectivity index (χ1v) is 15.8. The lowest BCUT2D eigenvalue weighted by atomic mass is 9.91. The Hall–Kier alpha value is -4.03. The third kappa shape index (κ3) is 8.17. The number of benzene rings is 3. The Morgan fingerprint density at radius 2 is 1.76 bits per heavy atom. The molecule has 0 unspecified atom stereocenters. The second-order valence-electron chi connectivity index (χ2n) is 11.1. The number of ether oxygens (including phenoxy) is 3. The summed E-state index contributed by atoms with van der Waals surface area (Å²) in [4.78, 5) is 23.4. The number of aryl methyl sites for hydroxylation is 1. The summed E-state index contributed by atoms with van der Waals surface area (Å²) in [5.74, 6) is -0.107. The number of aliphatic hydroxyl groups is 1. The summed E-state index contributed by atoms with van der Waals surface area (Å²) in [5, 5.41) is 21.4. The fourth-order valence-corrected chi connectivity index (χ4v) is 6.25. The van der Waals surface area contributed by atoms with Gasteiger partial charge in [0.15, 0.2) is 17.6 Å². The van der Waals surface area contributed by atoms with Gasteiger partial charge in [-0.05, 0) is 40.8 Å². The molecule has 236 valence electrons. The summed E-state index contributed by atoms with van der Waals surface area (Å²) in [5.41, 5.74) is 5.72. The Labute approximate surface area is 267 Å². The molecule has 11 heteroatoms. The number of nitrogens with zero attached hydrogens (tertiary/aromatic N) is 3. The molecule has 3 aromatic carbocycles. The molecule has 1 fully saturated rings. The van der Waals surface area contributed by atoms with Crippen LogP contribution >= 0.6 is 11.8 Å². The Bertz CT molecular complexity index is 1590. The molecule has 10 nitrogen and oxygen atoms in total. The first kappa shape index (κ1) is 32.4. The summed E-state index contributed by atoms with van der Waals surface area (Å²) in [6.45, 7) is 5.26. The first-order valence-electron chi connectivity index (χ1n) is 14.8. The number of hydrogen-bond donors (Lipinski definition) is 2. The van der Waals surface area contributed by atoms with Gasteiger partial charge in [-0.1, -0.05) is 85.4 Å². The van der Waals surface area contributed by atoms with E-state index < -0.39 is 18.4 Å². The molecule has 4 aromatic rings. The van der Waals surface area contributed by atoms with E-state index in [0.29, 0.717) is 12.3 Å². The summed E-state index contributed by atoms with van der Waals surface area (Å²) in [6, 6.07) is 23.9. The Balaban J connectivity index is 1.31. The lowest BCUT2D eigenvalue weighted by Crippen LogP contribution is -2.38. The van der Waals surface area contributed by atoms with Crippen LogP contribution in [0.4, 0.5) is 0 Å². The molecule has 45 heavy (non-hydrogen) atoms. The number of thioether (sulfide) groups is 1. The average Bonchev–Trinajstić information content (AvgIpc) is 3.47. The number of rotatable bonds is 11. The Morgan fingerprint density at radius 3 is 2.42 bits per heavy atom. The molecule has 1 aliphatic heterocycles. The van der Waals surface area contributed by atoms with Crippen LogP contribution in [0.3, 0.4) is 0 Å². The second-order valence-corrected chi connectivity index (χ2v) is 12.1. The zero-order chi connectivity index (χ0) is 31.9. The molecule has 2 heterocycles. The minimum atomic E-state index is -0.852. The van der Waals surface area contributed by atoms with E-state index in [1.165, 1.54) is 6.92 Å². The van der Waals surface area contributed by atoms with Crippen molar-refractivity contribution in [3.8, 4) is 11.1 Å². The van der Waals surface area contributed by atoms with Gasteiger partial charge in [0.05, 0.1) is 18.8 Å². The highest BCUT2D eigenvalue weighted by atomic mass is 32.2. The van der Waals surface area contributed by atoms with Crippen molar-refractivity contribution in [1.82, 2.24) is 20.1 Å². The van der Waals surface area contributed by atoms with Crippen LogP contribution in [0.5, 0.6) is 0 Å². The molecule has 1 amide bonds. The van der Waals surface area contributed by atoms with E-state index in [2.05, 4.69) is 22.4 Å². The van der Waals surface area contributed by atoms with E-state index >= 15 is 0 Å². The topological polar surface area (TPSA) is 125 Å². The summed E-state index contributed by atoms with van der Waals surface area (Å²) in [6.07, 6.45) is -0.0804. The third-order valence-corrected chi connectivity index (χ3v) is 8.91. The monoisotopic (exact) mass is 630 g/mol. The highest BCUT2D eigenvalue weighted by Crippen LogP contribution is 2.43. The molecule has 2 N–H and O–H groups in total. The van der Waals surface area contributed by atoms with Gasteiger partial charge < -0.3 is 29.2 Å². The molecule has 5 atom stereocenters. The van der Waals surface area contributed by atoms with Crippen molar-refractivity contribution < 1.29 is 28.9 Å². The SMILES string of the molecule is CC(=O)O[C@@H](C)C(=O)NCc1cccc(-c2ccc([C@H]3O[C@@H](CSc4nncn4C)[C@@H](C)[C@@H](c4ccc(CO)cc4)O3)cc2)c1. The number of aliphatic hydroxyl groups excluding tert-OH is 1. The fraction of sp³-hybridized carbons (Fsp3) is 0.353. The van der Waals surface area contributed by atoms with Crippen LogP contribution in [0.2, 0.25) is 0 Å². The quantitative estimate of drug-likeness (QED) is 0.172. The maximum atomic E-state index is 12.3. The van der Waals surface area contributed by atoms with Crippen LogP contribution < -0.4 is 5.32 Å². The number of nitrogens with one attached hydrogen (secondary N) is 1. The zero-order valence-electron chi connectivity index (χ0n) is 25.8. The number of hydrogen-bond acceptors (Lipinski definition) is 9. The number of amides is 1. The van der Waals surface area contributed by atoms with E-state index in [-0.39, 0.29) is 30.6 Å². The number of carbonyl (C=O) groups is 2. The summed E-state index contributed by atoms with van der Waals surface area (Å²) < 4.78 is 20.0. The Kier molecular flexibility index (Phi) is 10.7. The minimum absolute atomic E-state index is 0.0107. The standard InChI is InChI=1S/C34H38N4O6S/c1-21-30(19-45-34-37-36-20-38(34)4)43-33(44-31(21)27-10-8-24(18-39)9-11-27)28-14-12-26(13-15-28)29-7-5-6-25(16-29)17-35-32(41)22(2)42-23(3)40/h5-16,20-22,30-31,33,39H,17-19H2,1-4H3,(H,35,41)/t21-,22+,30+,31+,33+/m1/s1. The van der Waals surface area contributed by atoms with Crippen molar-refractivity contribution in [2.45, 2.75) is 63.7 Å². The number of aromatic nitrogens is 3. The van der Waals surface area contributed by atoms with Gasteiger partial charge in [0.25, 0.3) is 5.91 Å². The van der Waals surface area contributed by atoms with Gasteiger partial charge in [-0.15, -0.1) is 10.2 Å². The highest BCUT2D eigenvalue weighted by Gasteiger charge is 2.38. The van der Waals surface area contributed by atoms with Gasteiger partial charge in [0.1, 0.15) is 6.33 Å². The predicted molar refractivity (Wildman–Crippen MR) is 170 cm³/mol. The van der Waals surface area contributed by atoms with Gasteiger partial charge in [0, 0.05) is 37.8 Å². The molecule has 1 saturated heterocycles. The summed E-state index contributed by atoms with van der Waals surface area (Å²) in [7, 11) is 1.92. The minimum Gasteiger partial charge on any atom is -0.453 e. The average molecular weight is 631 g/mol. The van der Waals surface area contributed by atoms with E-state index in [9.17, 15) is 14.7 Å². The van der Waals surface area contributed by atoms with Gasteiger partial charge in [-0.2, -0.15) is 0 Å². The third-order valence-electron chi connectivity index (χ3n) is 7.79. The van der Waals surface area contributed by atoms with Crippen molar-refractivity contribution in [2.75, 3.05) is 5.75 Å². The zero-order valence-corrected chi connectivity index (χ0v) is 26.6. The van der Waals surface area contributed by atoms with Crippen molar-refractivity contribution in [3.05, 3.63) is 101 Å². The maximum absolute atomic E-state index is 12.3. The fourth-order valence-electron chi connectivity index (χ4n) is 5.20. The van der Waals surface area contributed by atoms with Crippen LogP contribution in [-0.4, -0.2) is 49.7 Å². The van der Waals surface area contributed by atoms with Crippen LogP contribution in [-0.2, 0) is 44.0 Å². The summed E-state index contributed by atoms with van der Waals surface area (Å²) >= 11 is 1.60. The van der Waals surface area contributed by atoms with Gasteiger partial charge in [0.2, 0.25) is 0 Å². The van der Waals surface area contributed by atoms with Crippen LogP contribution in [0.25, 0.3) is 11.1 Å². The predicted octanol–water partition coefficient (Wildman–Crippen LogP) is 5.13. The van der Waals surface area contributed by atoms with Crippen LogP contribution in [0.15, 0.2) is 84.3 Å². The van der Waals surface area contributed by atoms with Gasteiger partial charge >= 0.3 is 5.97 Å². The van der Waals surface area contributed by atoms with Crippen molar-refractivity contribution >= 4 is 23.6 Å². The lowest BCUT2D eigenvalue weighted by molar-refractivity contribution is -0.268. The highest BCUT2D eigenvalue weighted by molar-refractivity contribution is 7.99. The molecule has 1 aliphatic rings. The Morgan fingerprint density at radius 1 is 1.02 bits per heavy atom. The molecule has 5 rings (SSSR count). The molecule has 0 saturated carbocycles. The van der Waals surface area contributed by atoms with Crippen molar-refractivity contribution in [3.63, 3.8) is 0 Å². The molecule has 0 bridgehead atoms. The van der Waals surface area contributed by atoms with Crippen LogP contribution in [0, 0.1) is 5.92 Å². The van der Waals surface area contributed by atoms with E-state index in [1.54, 1.807) is 25.0 Å². The molecule has 1 aromatic heterocycles. The van der Waals surface area contributed by atoms with E-state index in [4.69, 9.17) is 14.2 Å². The van der Waals surface area contributed by atoms with Crippen molar-refractivity contribution in [2.24, 2.45) is 13.0 Å². The molecule has 0 spiro atoms. The number of carbonyl (C=O) groups excluding carboxylic acids is 2. The van der Waals surface area contributed by atoms with E-state index in [0.717, 1.165) is 38.5 Å². The van der Waals surface area contributed by atoms with Gasteiger partial charge in [-0.3, -0.25) is 9.59 Å². The first-order chi connectivity index (χ1) is 21.7. The molecule has 0 aliphatic carbocycles. The molecular formula is C34H38N4O6S. The molecular weight excluding hydrogens is 592 g/mol. The molecule has 0 radical (unpaired) electrons.